The van der Waals surface area contributed by atoms with E-state index in [0.717, 1.165) is 30.6 Å². The molecule has 2 N–H and O–H groups in total. The Kier molecular flexibility index (Phi) is 7.78. The molecule has 0 spiro atoms. The van der Waals surface area contributed by atoms with Gasteiger partial charge in [0.05, 0.1) is 13.2 Å². The zero-order chi connectivity index (χ0) is 17.8. The van der Waals surface area contributed by atoms with Crippen molar-refractivity contribution >= 4 is 18.3 Å². The zero-order valence-electron chi connectivity index (χ0n) is 16.2. The van der Waals surface area contributed by atoms with E-state index in [4.69, 9.17) is 4.74 Å². The number of carbonyl (C=O) groups is 1. The van der Waals surface area contributed by atoms with E-state index in [-0.39, 0.29) is 24.4 Å². The van der Waals surface area contributed by atoms with Crippen LogP contribution in [0.5, 0.6) is 5.75 Å². The quantitative estimate of drug-likeness (QED) is 0.743. The van der Waals surface area contributed by atoms with Crippen molar-refractivity contribution in [3.63, 3.8) is 0 Å². The largest absolute Gasteiger partial charge is 0.496 e. The highest BCUT2D eigenvalue weighted by molar-refractivity contribution is 5.85. The first kappa shape index (κ1) is 21.0. The van der Waals surface area contributed by atoms with E-state index in [1.807, 2.05) is 18.2 Å². The van der Waals surface area contributed by atoms with Gasteiger partial charge in [0.15, 0.2) is 0 Å². The number of hydrogen-bond acceptors (Lipinski definition) is 3. The first-order chi connectivity index (χ1) is 12.0. The highest BCUT2D eigenvalue weighted by Crippen LogP contribution is 2.33. The van der Waals surface area contributed by atoms with Gasteiger partial charge in [0.2, 0.25) is 5.91 Å². The maximum Gasteiger partial charge on any atom is 0.220 e. The van der Waals surface area contributed by atoms with E-state index in [2.05, 4.69) is 30.5 Å². The van der Waals surface area contributed by atoms with Gasteiger partial charge in [-0.1, -0.05) is 32.0 Å². The Labute approximate surface area is 163 Å². The summed E-state index contributed by atoms with van der Waals surface area (Å²) in [5.74, 6) is 2.07. The van der Waals surface area contributed by atoms with Crippen LogP contribution in [0.1, 0.15) is 64.0 Å². The number of methoxy groups -OCH3 is 1. The van der Waals surface area contributed by atoms with Crippen LogP contribution in [-0.4, -0.2) is 25.1 Å². The normalized spacial score (nSPS) is 25.5. The van der Waals surface area contributed by atoms with Gasteiger partial charge in [0.1, 0.15) is 5.75 Å². The van der Waals surface area contributed by atoms with Gasteiger partial charge in [0, 0.05) is 24.1 Å². The van der Waals surface area contributed by atoms with Gasteiger partial charge in [-0.15, -0.1) is 12.4 Å². The van der Waals surface area contributed by atoms with Crippen LogP contribution in [0.25, 0.3) is 0 Å². The molecule has 26 heavy (non-hydrogen) atoms. The minimum Gasteiger partial charge on any atom is -0.496 e. The number of piperidine rings is 1. The average molecular weight is 381 g/mol. The van der Waals surface area contributed by atoms with Crippen molar-refractivity contribution in [1.29, 1.82) is 0 Å². The predicted octanol–water partition coefficient (Wildman–Crippen LogP) is 4.24. The number of nitrogens with one attached hydrogen (secondary N) is 2. The van der Waals surface area contributed by atoms with Gasteiger partial charge >= 0.3 is 0 Å². The molecule has 3 atom stereocenters. The lowest BCUT2D eigenvalue weighted by Gasteiger charge is -2.29. The Hall–Kier alpha value is -1.26. The lowest BCUT2D eigenvalue weighted by atomic mass is 9.89. The van der Waals surface area contributed by atoms with Crippen LogP contribution < -0.4 is 15.4 Å². The number of rotatable bonds is 7. The van der Waals surface area contributed by atoms with E-state index >= 15 is 0 Å². The van der Waals surface area contributed by atoms with Crippen LogP contribution in [0.4, 0.5) is 0 Å². The van der Waals surface area contributed by atoms with Gasteiger partial charge in [-0.05, 0) is 50.0 Å². The maximum atomic E-state index is 12.7. The van der Waals surface area contributed by atoms with Crippen LogP contribution in [-0.2, 0) is 4.79 Å². The number of amides is 1. The Morgan fingerprint density at radius 1 is 1.23 bits per heavy atom. The molecule has 2 fully saturated rings. The number of carbonyl (C=O) groups excluding carboxylic acids is 1. The van der Waals surface area contributed by atoms with Gasteiger partial charge in [-0.3, -0.25) is 4.79 Å². The summed E-state index contributed by atoms with van der Waals surface area (Å²) in [4.78, 5) is 12.7. The number of para-hydroxylation sites is 1. The van der Waals surface area contributed by atoms with Crippen LogP contribution in [0.2, 0.25) is 0 Å². The van der Waals surface area contributed by atoms with Gasteiger partial charge in [-0.25, -0.2) is 0 Å². The van der Waals surface area contributed by atoms with E-state index in [9.17, 15) is 4.79 Å². The second-order valence-electron chi connectivity index (χ2n) is 8.17. The third-order valence-electron chi connectivity index (χ3n) is 5.60. The Balaban J connectivity index is 0.00000243. The average Bonchev–Trinajstić information content (AvgIpc) is 2.92. The lowest BCUT2D eigenvalue weighted by Crippen LogP contribution is -2.40. The van der Waals surface area contributed by atoms with Crippen molar-refractivity contribution in [2.45, 2.75) is 70.5 Å². The summed E-state index contributed by atoms with van der Waals surface area (Å²) < 4.78 is 5.52. The molecule has 2 heterocycles. The van der Waals surface area contributed by atoms with Gasteiger partial charge < -0.3 is 15.4 Å². The summed E-state index contributed by atoms with van der Waals surface area (Å²) in [6, 6.07) is 9.32. The van der Waals surface area contributed by atoms with Crippen molar-refractivity contribution in [2.24, 2.45) is 11.8 Å². The fourth-order valence-electron chi connectivity index (χ4n) is 4.55. The van der Waals surface area contributed by atoms with Crippen LogP contribution >= 0.6 is 12.4 Å². The molecule has 1 aromatic rings. The van der Waals surface area contributed by atoms with Gasteiger partial charge in [-0.2, -0.15) is 0 Å². The van der Waals surface area contributed by atoms with E-state index in [0.29, 0.717) is 30.3 Å². The molecule has 0 aromatic heterocycles. The van der Waals surface area contributed by atoms with Crippen molar-refractivity contribution in [3.8, 4) is 5.75 Å². The monoisotopic (exact) mass is 380 g/mol. The second kappa shape index (κ2) is 9.61. The van der Waals surface area contributed by atoms with Crippen molar-refractivity contribution in [2.75, 3.05) is 7.11 Å². The van der Waals surface area contributed by atoms with Crippen molar-refractivity contribution in [3.05, 3.63) is 29.8 Å². The molecule has 1 amide bonds. The third-order valence-corrected chi connectivity index (χ3v) is 5.60. The third kappa shape index (κ3) is 5.37. The van der Waals surface area contributed by atoms with E-state index in [1.54, 1.807) is 7.11 Å². The molecule has 5 heteroatoms. The maximum absolute atomic E-state index is 12.7. The summed E-state index contributed by atoms with van der Waals surface area (Å²) in [5, 5.41) is 6.95. The van der Waals surface area contributed by atoms with E-state index < -0.39 is 0 Å². The van der Waals surface area contributed by atoms with Gasteiger partial charge in [0.25, 0.3) is 0 Å². The summed E-state index contributed by atoms with van der Waals surface area (Å²) in [7, 11) is 1.69. The summed E-state index contributed by atoms with van der Waals surface area (Å²) in [6.45, 7) is 4.39. The van der Waals surface area contributed by atoms with Crippen LogP contribution in [0.15, 0.2) is 24.3 Å². The number of benzene rings is 1. The fraction of sp³-hybridized carbons (Fsp3) is 0.667. The van der Waals surface area contributed by atoms with Crippen LogP contribution in [0.3, 0.4) is 0 Å². The molecule has 0 aliphatic carbocycles. The summed E-state index contributed by atoms with van der Waals surface area (Å²) in [5.41, 5.74) is 1.08. The van der Waals surface area contributed by atoms with Crippen molar-refractivity contribution < 1.29 is 9.53 Å². The molecule has 3 unspecified atom stereocenters. The number of fused-ring (bicyclic) bond motifs is 2. The Morgan fingerprint density at radius 3 is 2.50 bits per heavy atom. The zero-order valence-corrected chi connectivity index (χ0v) is 17.0. The molecule has 2 saturated heterocycles. The topological polar surface area (TPSA) is 50.4 Å². The Bertz CT molecular complexity index is 581. The first-order valence-electron chi connectivity index (χ1n) is 9.73. The number of hydrogen-bond donors (Lipinski definition) is 2. The highest BCUT2D eigenvalue weighted by atomic mass is 35.5. The predicted molar refractivity (Wildman–Crippen MR) is 108 cm³/mol. The minimum absolute atomic E-state index is 0. The molecular formula is C21H33ClN2O2. The fourth-order valence-corrected chi connectivity index (χ4v) is 4.55. The molecule has 4 nitrogen and oxygen atoms in total. The van der Waals surface area contributed by atoms with Crippen molar-refractivity contribution in [1.82, 2.24) is 10.6 Å². The molecule has 1 aromatic carbocycles. The van der Waals surface area contributed by atoms with Crippen LogP contribution in [0, 0.1) is 11.8 Å². The number of halogens is 1. The lowest BCUT2D eigenvalue weighted by molar-refractivity contribution is -0.123. The van der Waals surface area contributed by atoms with E-state index in [1.165, 1.54) is 12.8 Å². The molecule has 0 saturated carbocycles. The molecule has 3 rings (SSSR count). The summed E-state index contributed by atoms with van der Waals surface area (Å²) in [6.07, 6.45) is 6.42. The molecule has 2 aliphatic rings. The SMILES string of the molecule is COc1ccccc1C(CC(C)C)NC(=O)CC1CC2CCC(C1)N2.Cl. The molecular weight excluding hydrogens is 348 g/mol. The molecule has 2 aliphatic heterocycles. The molecule has 0 radical (unpaired) electrons. The highest BCUT2D eigenvalue weighted by Gasteiger charge is 2.34. The number of ether oxygens (including phenoxy) is 1. The standard InChI is InChI=1S/C21H32N2O2.ClH/c1-14(2)10-19(18-6-4-5-7-20(18)25-3)23-21(24)13-15-11-16-8-9-17(12-15)22-16;/h4-7,14-17,19,22H,8-13H2,1-3H3,(H,23,24);1H. The molecule has 2 bridgehead atoms. The summed E-state index contributed by atoms with van der Waals surface area (Å²) >= 11 is 0. The second-order valence-corrected chi connectivity index (χ2v) is 8.17. The molecule has 146 valence electrons. The Morgan fingerprint density at radius 2 is 1.88 bits per heavy atom. The smallest absolute Gasteiger partial charge is 0.220 e. The first-order valence-corrected chi connectivity index (χ1v) is 9.73. The minimum atomic E-state index is 0.